The molecule has 0 radical (unpaired) electrons. The molecule has 0 aromatic heterocycles. The first-order valence-corrected chi connectivity index (χ1v) is 7.44. The van der Waals surface area contributed by atoms with E-state index < -0.39 is 0 Å². The van der Waals surface area contributed by atoms with E-state index in [-0.39, 0.29) is 5.82 Å². The van der Waals surface area contributed by atoms with Gasteiger partial charge >= 0.3 is 0 Å². The molecule has 2 aliphatic rings. The van der Waals surface area contributed by atoms with Crippen LogP contribution in [0.25, 0.3) is 0 Å². The zero-order valence-electron chi connectivity index (χ0n) is 11.6. The lowest BCUT2D eigenvalue weighted by molar-refractivity contribution is 0.421. The summed E-state index contributed by atoms with van der Waals surface area (Å²) in [5.41, 5.74) is 1.08. The van der Waals surface area contributed by atoms with Crippen LogP contribution in [-0.2, 0) is 0 Å². The van der Waals surface area contributed by atoms with Crippen molar-refractivity contribution in [2.75, 3.05) is 25.0 Å². The zero-order valence-corrected chi connectivity index (χ0v) is 11.6. The number of nitrogens with one attached hydrogen (secondary N) is 1. The number of hydrogen-bond acceptors (Lipinski definition) is 2. The minimum atomic E-state index is -0.169. The van der Waals surface area contributed by atoms with E-state index in [1.807, 2.05) is 12.1 Å². The minimum Gasteiger partial charge on any atom is -0.373 e. The standard InChI is InChI=1S/C16H23FN2/c1-19(15-8-6-14(17)7-9-15)11-10-18-16(12-2-3-12)13-4-5-13/h6-9,12-13,16,18H,2-5,10-11H2,1H3. The van der Waals surface area contributed by atoms with Crippen molar-refractivity contribution in [1.82, 2.24) is 5.32 Å². The molecule has 19 heavy (non-hydrogen) atoms. The highest BCUT2D eigenvalue weighted by Crippen LogP contribution is 2.44. The van der Waals surface area contributed by atoms with E-state index in [4.69, 9.17) is 0 Å². The fourth-order valence-corrected chi connectivity index (χ4v) is 2.85. The highest BCUT2D eigenvalue weighted by atomic mass is 19.1. The summed E-state index contributed by atoms with van der Waals surface area (Å²) in [6.07, 6.45) is 5.67. The van der Waals surface area contributed by atoms with Gasteiger partial charge < -0.3 is 10.2 Å². The van der Waals surface area contributed by atoms with E-state index >= 15 is 0 Å². The number of halogens is 1. The third kappa shape index (κ3) is 3.47. The predicted molar refractivity (Wildman–Crippen MR) is 76.9 cm³/mol. The molecule has 0 heterocycles. The number of rotatable bonds is 7. The second-order valence-electron chi connectivity index (χ2n) is 6.05. The Hall–Kier alpha value is -1.09. The Morgan fingerprint density at radius 3 is 2.26 bits per heavy atom. The van der Waals surface area contributed by atoms with Gasteiger partial charge in [-0.2, -0.15) is 0 Å². The van der Waals surface area contributed by atoms with Gasteiger partial charge in [0.25, 0.3) is 0 Å². The molecule has 0 saturated heterocycles. The van der Waals surface area contributed by atoms with Crippen LogP contribution in [0, 0.1) is 17.7 Å². The third-order valence-electron chi connectivity index (χ3n) is 4.35. The summed E-state index contributed by atoms with van der Waals surface area (Å²) in [6.45, 7) is 1.99. The monoisotopic (exact) mass is 262 g/mol. The van der Waals surface area contributed by atoms with Crippen molar-refractivity contribution in [1.29, 1.82) is 0 Å². The highest BCUT2D eigenvalue weighted by molar-refractivity contribution is 5.45. The summed E-state index contributed by atoms with van der Waals surface area (Å²) in [7, 11) is 2.07. The summed E-state index contributed by atoms with van der Waals surface area (Å²) in [5.74, 6) is 1.73. The molecular weight excluding hydrogens is 239 g/mol. The molecule has 0 bridgehead atoms. The lowest BCUT2D eigenvalue weighted by Crippen LogP contribution is -2.38. The molecular formula is C16H23FN2. The molecule has 2 fully saturated rings. The fraction of sp³-hybridized carbons (Fsp3) is 0.625. The van der Waals surface area contributed by atoms with Gasteiger partial charge in [-0.15, -0.1) is 0 Å². The minimum absolute atomic E-state index is 0.169. The van der Waals surface area contributed by atoms with Gasteiger partial charge in [-0.1, -0.05) is 0 Å². The summed E-state index contributed by atoms with van der Waals surface area (Å²) in [4.78, 5) is 2.18. The topological polar surface area (TPSA) is 15.3 Å². The first-order valence-electron chi connectivity index (χ1n) is 7.44. The van der Waals surface area contributed by atoms with Crippen molar-refractivity contribution >= 4 is 5.69 Å². The van der Waals surface area contributed by atoms with Crippen molar-refractivity contribution in [3.8, 4) is 0 Å². The molecule has 0 amide bonds. The molecule has 0 atom stereocenters. The van der Waals surface area contributed by atoms with Gasteiger partial charge in [0.2, 0.25) is 0 Å². The number of anilines is 1. The zero-order chi connectivity index (χ0) is 13.2. The van der Waals surface area contributed by atoms with Crippen molar-refractivity contribution in [2.45, 2.75) is 31.7 Å². The molecule has 2 nitrogen and oxygen atoms in total. The molecule has 104 valence electrons. The Morgan fingerprint density at radius 2 is 1.74 bits per heavy atom. The van der Waals surface area contributed by atoms with Crippen molar-refractivity contribution < 1.29 is 4.39 Å². The van der Waals surface area contributed by atoms with E-state index in [1.54, 1.807) is 0 Å². The molecule has 0 aliphatic heterocycles. The van der Waals surface area contributed by atoms with Gasteiger partial charge in [0.05, 0.1) is 0 Å². The van der Waals surface area contributed by atoms with Gasteiger partial charge in [0.15, 0.2) is 0 Å². The Morgan fingerprint density at radius 1 is 1.16 bits per heavy atom. The summed E-state index contributed by atoms with van der Waals surface area (Å²) in [6, 6.07) is 7.50. The van der Waals surface area contributed by atoms with E-state index in [9.17, 15) is 4.39 Å². The number of nitrogens with zero attached hydrogens (tertiary/aromatic N) is 1. The van der Waals surface area contributed by atoms with E-state index in [0.29, 0.717) is 0 Å². The second-order valence-corrected chi connectivity index (χ2v) is 6.05. The van der Waals surface area contributed by atoms with Crippen molar-refractivity contribution in [2.24, 2.45) is 11.8 Å². The van der Waals surface area contributed by atoms with Gasteiger partial charge in [-0.3, -0.25) is 0 Å². The van der Waals surface area contributed by atoms with E-state index in [1.165, 1.54) is 37.8 Å². The lowest BCUT2D eigenvalue weighted by Gasteiger charge is -2.23. The first kappa shape index (κ1) is 12.9. The van der Waals surface area contributed by atoms with Crippen LogP contribution in [0.5, 0.6) is 0 Å². The normalized spacial score (nSPS) is 18.9. The first-order chi connectivity index (χ1) is 9.24. The summed E-state index contributed by atoms with van der Waals surface area (Å²) in [5, 5.41) is 3.74. The van der Waals surface area contributed by atoms with Crippen molar-refractivity contribution in [3.05, 3.63) is 30.1 Å². The Kier molecular flexibility index (Phi) is 3.74. The molecule has 1 aromatic rings. The Balaban J connectivity index is 1.44. The van der Waals surface area contributed by atoms with E-state index in [0.717, 1.165) is 36.7 Å². The van der Waals surface area contributed by atoms with Crippen LogP contribution in [0.1, 0.15) is 25.7 Å². The fourth-order valence-electron chi connectivity index (χ4n) is 2.85. The van der Waals surface area contributed by atoms with Crippen LogP contribution < -0.4 is 10.2 Å². The summed E-state index contributed by atoms with van der Waals surface area (Å²) >= 11 is 0. The SMILES string of the molecule is CN(CCNC(C1CC1)C1CC1)c1ccc(F)cc1. The van der Waals surface area contributed by atoms with Crippen LogP contribution in [0.15, 0.2) is 24.3 Å². The molecule has 1 N–H and O–H groups in total. The highest BCUT2D eigenvalue weighted by Gasteiger charge is 2.40. The number of likely N-dealkylation sites (N-methyl/N-ethyl adjacent to an activating group) is 1. The Labute approximate surface area is 115 Å². The maximum atomic E-state index is 12.9. The molecule has 3 heteroatoms. The molecule has 1 aromatic carbocycles. The van der Waals surface area contributed by atoms with Crippen molar-refractivity contribution in [3.63, 3.8) is 0 Å². The third-order valence-corrected chi connectivity index (χ3v) is 4.35. The average Bonchev–Trinajstić information content (AvgIpc) is 3.28. The molecule has 2 aliphatic carbocycles. The number of hydrogen-bond donors (Lipinski definition) is 1. The smallest absolute Gasteiger partial charge is 0.123 e. The lowest BCUT2D eigenvalue weighted by atomic mass is 10.1. The van der Waals surface area contributed by atoms with Crippen LogP contribution in [-0.4, -0.2) is 26.2 Å². The maximum Gasteiger partial charge on any atom is 0.123 e. The van der Waals surface area contributed by atoms with Gasteiger partial charge in [-0.25, -0.2) is 4.39 Å². The molecule has 3 rings (SSSR count). The van der Waals surface area contributed by atoms with Crippen LogP contribution in [0.2, 0.25) is 0 Å². The molecule has 2 saturated carbocycles. The average molecular weight is 262 g/mol. The summed E-state index contributed by atoms with van der Waals surface area (Å²) < 4.78 is 12.9. The largest absolute Gasteiger partial charge is 0.373 e. The van der Waals surface area contributed by atoms with Crippen LogP contribution in [0.3, 0.4) is 0 Å². The van der Waals surface area contributed by atoms with Crippen LogP contribution >= 0.6 is 0 Å². The quantitative estimate of drug-likeness (QED) is 0.812. The number of benzene rings is 1. The second kappa shape index (κ2) is 5.49. The van der Waals surface area contributed by atoms with Gasteiger partial charge in [-0.05, 0) is 61.8 Å². The van der Waals surface area contributed by atoms with Gasteiger partial charge in [0, 0.05) is 31.9 Å². The van der Waals surface area contributed by atoms with Crippen LogP contribution in [0.4, 0.5) is 10.1 Å². The maximum absolute atomic E-state index is 12.9. The Bertz CT molecular complexity index is 397. The molecule has 0 unspecified atom stereocenters. The molecule has 0 spiro atoms. The predicted octanol–water partition coefficient (Wildman–Crippen LogP) is 3.04. The van der Waals surface area contributed by atoms with E-state index in [2.05, 4.69) is 17.3 Å². The van der Waals surface area contributed by atoms with Gasteiger partial charge in [0.1, 0.15) is 5.82 Å².